The molecule has 0 amide bonds. The zero-order valence-electron chi connectivity index (χ0n) is 35.2. The van der Waals surface area contributed by atoms with Gasteiger partial charge in [0.05, 0.1) is 14.2 Å². The van der Waals surface area contributed by atoms with Gasteiger partial charge in [-0.3, -0.25) is 0 Å². The van der Waals surface area contributed by atoms with Crippen LogP contribution in [0.15, 0.2) is 224 Å². The van der Waals surface area contributed by atoms with Crippen molar-refractivity contribution in [1.29, 1.82) is 0 Å². The summed E-state index contributed by atoms with van der Waals surface area (Å²) in [5, 5.41) is 12.0. The Balaban J connectivity index is 1.29. The van der Waals surface area contributed by atoms with Gasteiger partial charge in [0.25, 0.3) is 0 Å². The average molecular weight is 867 g/mol. The molecular formula is C58H45O2P3. The van der Waals surface area contributed by atoms with Gasteiger partial charge in [-0.15, -0.1) is 0 Å². The molecule has 9 aromatic carbocycles. The maximum Gasteiger partial charge on any atom is 0.169 e. The Hall–Kier alpha value is -6.13. The fraction of sp³-hybridized carbons (Fsp3) is 0.0690. The Labute approximate surface area is 374 Å². The first-order valence-electron chi connectivity index (χ1n) is 21.5. The fourth-order valence-corrected chi connectivity index (χ4v) is 17.8. The fourth-order valence-electron chi connectivity index (χ4n) is 10.1. The second kappa shape index (κ2) is 17.2. The number of methoxy groups -OCH3 is 2. The van der Waals surface area contributed by atoms with Gasteiger partial charge < -0.3 is 9.47 Å². The van der Waals surface area contributed by atoms with Crippen LogP contribution in [0.2, 0.25) is 0 Å². The monoisotopic (exact) mass is 866 g/mol. The van der Waals surface area contributed by atoms with Crippen LogP contribution in [0.25, 0.3) is 0 Å². The number of rotatable bonds is 11. The van der Waals surface area contributed by atoms with Crippen molar-refractivity contribution < 1.29 is 9.47 Å². The summed E-state index contributed by atoms with van der Waals surface area (Å²) in [6.45, 7) is 0. The molecule has 2 nitrogen and oxygen atoms in total. The summed E-state index contributed by atoms with van der Waals surface area (Å²) in [6, 6.07) is 83.7. The van der Waals surface area contributed by atoms with Gasteiger partial charge in [0.2, 0.25) is 0 Å². The normalized spacial score (nSPS) is 14.6. The third-order valence-corrected chi connectivity index (χ3v) is 20.1. The predicted octanol–water partition coefficient (Wildman–Crippen LogP) is 9.97. The molecule has 0 saturated heterocycles. The van der Waals surface area contributed by atoms with Gasteiger partial charge in [-0.1, -0.05) is 218 Å². The molecule has 3 aliphatic rings. The number of hydrogen-bond donors (Lipinski definition) is 0. The molecule has 0 N–H and O–H groups in total. The summed E-state index contributed by atoms with van der Waals surface area (Å²) < 4.78 is 13.1. The molecule has 2 bridgehead atoms. The Morgan fingerprint density at radius 2 is 0.667 bits per heavy atom. The molecule has 5 heteroatoms. The van der Waals surface area contributed by atoms with E-state index in [2.05, 4.69) is 224 Å². The van der Waals surface area contributed by atoms with E-state index in [1.54, 1.807) is 7.11 Å². The summed E-state index contributed by atoms with van der Waals surface area (Å²) in [7, 11) is 0.613. The second-order valence-electron chi connectivity index (χ2n) is 15.9. The standard InChI is InChI=1S/C58H45O2P3/c1-59-49-39-48-52-46-35-21-37-50(61(40-23-9-3-10-24-40)41-25-11-4-12-26-41)53(46)56(55(48)58(57(49)60-2)63(44-31-17-7-18-32-44)45-33-19-8-20-34-45)54-47(52)36-22-38-51(54)62(42-27-13-5-14-28-42)43-29-15-6-16-30-43/h3-39,52,56H,1-2H3. The van der Waals surface area contributed by atoms with Crippen molar-refractivity contribution in [2.75, 3.05) is 14.2 Å². The quantitative estimate of drug-likeness (QED) is 0.121. The van der Waals surface area contributed by atoms with Gasteiger partial charge in [0.1, 0.15) is 0 Å². The zero-order valence-corrected chi connectivity index (χ0v) is 37.9. The van der Waals surface area contributed by atoms with Gasteiger partial charge in [-0.2, -0.15) is 0 Å². The van der Waals surface area contributed by atoms with E-state index in [4.69, 9.17) is 9.47 Å². The predicted molar refractivity (Wildman–Crippen MR) is 270 cm³/mol. The lowest BCUT2D eigenvalue weighted by Gasteiger charge is -2.47. The first-order chi connectivity index (χ1) is 31.2. The van der Waals surface area contributed by atoms with Crippen LogP contribution in [-0.4, -0.2) is 14.2 Å². The number of ether oxygens (including phenoxy) is 2. The highest BCUT2D eigenvalue weighted by Gasteiger charge is 2.48. The molecule has 0 aliphatic heterocycles. The molecule has 0 aromatic heterocycles. The first-order valence-corrected chi connectivity index (χ1v) is 25.5. The maximum absolute atomic E-state index is 6.67. The van der Waals surface area contributed by atoms with E-state index < -0.39 is 23.8 Å². The van der Waals surface area contributed by atoms with Crippen LogP contribution >= 0.6 is 23.8 Å². The van der Waals surface area contributed by atoms with E-state index >= 15 is 0 Å². The highest BCUT2D eigenvalue weighted by Crippen LogP contribution is 2.61. The molecule has 12 rings (SSSR count). The van der Waals surface area contributed by atoms with Crippen LogP contribution in [0, 0.1) is 0 Å². The van der Waals surface area contributed by atoms with Gasteiger partial charge in [0.15, 0.2) is 11.5 Å². The van der Waals surface area contributed by atoms with Crippen molar-refractivity contribution in [3.63, 3.8) is 0 Å². The van der Waals surface area contributed by atoms with E-state index in [9.17, 15) is 0 Å². The van der Waals surface area contributed by atoms with Crippen molar-refractivity contribution in [3.05, 3.63) is 258 Å². The minimum atomic E-state index is -1.12. The van der Waals surface area contributed by atoms with Gasteiger partial charge in [0, 0.05) is 17.1 Å². The molecule has 9 aromatic rings. The van der Waals surface area contributed by atoms with Crippen molar-refractivity contribution in [3.8, 4) is 11.5 Å². The second-order valence-corrected chi connectivity index (χ2v) is 22.4. The van der Waals surface area contributed by atoms with E-state index in [1.807, 2.05) is 7.11 Å². The van der Waals surface area contributed by atoms with Gasteiger partial charge in [-0.05, 0) is 106 Å². The van der Waals surface area contributed by atoms with Crippen LogP contribution in [0.4, 0.5) is 0 Å². The lowest BCUT2D eigenvalue weighted by Crippen LogP contribution is -2.41. The Kier molecular flexibility index (Phi) is 10.8. The summed E-state index contributed by atoms with van der Waals surface area (Å²) in [5.41, 5.74) is 8.33. The third-order valence-electron chi connectivity index (χ3n) is 12.5. The molecule has 0 heterocycles. The largest absolute Gasteiger partial charge is 0.493 e. The van der Waals surface area contributed by atoms with Gasteiger partial charge >= 0.3 is 0 Å². The Morgan fingerprint density at radius 1 is 0.317 bits per heavy atom. The number of benzene rings is 9. The average Bonchev–Trinajstić information content (AvgIpc) is 3.36. The van der Waals surface area contributed by atoms with Crippen molar-refractivity contribution in [2.45, 2.75) is 11.8 Å². The van der Waals surface area contributed by atoms with Crippen LogP contribution in [-0.2, 0) is 0 Å². The molecule has 0 unspecified atom stereocenters. The van der Waals surface area contributed by atoms with Crippen LogP contribution in [0.1, 0.15) is 45.2 Å². The molecule has 304 valence electrons. The molecule has 0 spiro atoms. The van der Waals surface area contributed by atoms with Crippen molar-refractivity contribution >= 4 is 71.5 Å². The molecule has 3 aliphatic carbocycles. The molecule has 0 atom stereocenters. The van der Waals surface area contributed by atoms with Crippen molar-refractivity contribution in [2.24, 2.45) is 0 Å². The summed E-state index contributed by atoms with van der Waals surface area (Å²) in [6.07, 6.45) is 0. The summed E-state index contributed by atoms with van der Waals surface area (Å²) in [5.74, 6) is 1.48. The SMILES string of the molecule is COc1cc2c(c(P(c3ccccc3)c3ccccc3)c1OC)C1c3c(cccc3P(c3ccccc3)c3ccccc3)C2c2cccc(P(c3ccccc3)c3ccccc3)c21. The van der Waals surface area contributed by atoms with Crippen LogP contribution in [0.5, 0.6) is 11.5 Å². The third kappa shape index (κ3) is 6.85. The maximum atomic E-state index is 6.67. The molecule has 63 heavy (non-hydrogen) atoms. The Bertz CT molecular complexity index is 2780. The minimum absolute atomic E-state index is 0.0244. The van der Waals surface area contributed by atoms with Crippen molar-refractivity contribution in [1.82, 2.24) is 0 Å². The number of hydrogen-bond acceptors (Lipinski definition) is 2. The smallest absolute Gasteiger partial charge is 0.169 e. The van der Waals surface area contributed by atoms with Gasteiger partial charge in [-0.25, -0.2) is 0 Å². The highest BCUT2D eigenvalue weighted by atomic mass is 31.1. The zero-order chi connectivity index (χ0) is 42.3. The van der Waals surface area contributed by atoms with Crippen LogP contribution < -0.4 is 57.2 Å². The molecular weight excluding hydrogens is 822 g/mol. The minimum Gasteiger partial charge on any atom is -0.493 e. The van der Waals surface area contributed by atoms with E-state index in [0.717, 1.165) is 11.5 Å². The van der Waals surface area contributed by atoms with E-state index in [1.165, 1.54) is 81.1 Å². The molecule has 0 fully saturated rings. The lowest BCUT2D eigenvalue weighted by atomic mass is 9.61. The lowest BCUT2D eigenvalue weighted by molar-refractivity contribution is 0.356. The Morgan fingerprint density at radius 3 is 1.00 bits per heavy atom. The molecule has 0 radical (unpaired) electrons. The van der Waals surface area contributed by atoms with E-state index in [0.29, 0.717) is 0 Å². The first kappa shape index (κ1) is 39.7. The topological polar surface area (TPSA) is 18.5 Å². The molecule has 0 saturated carbocycles. The summed E-state index contributed by atoms with van der Waals surface area (Å²) >= 11 is 0. The summed E-state index contributed by atoms with van der Waals surface area (Å²) in [4.78, 5) is 0. The van der Waals surface area contributed by atoms with Crippen LogP contribution in [0.3, 0.4) is 0 Å². The van der Waals surface area contributed by atoms with E-state index in [-0.39, 0.29) is 11.8 Å². The highest BCUT2D eigenvalue weighted by molar-refractivity contribution is 7.81.